The van der Waals surface area contributed by atoms with Crippen LogP contribution in [0.15, 0.2) is 0 Å². The molecule has 3 heterocycles. The molecule has 3 rings (SSSR count). The molecule has 2 saturated heterocycles. The summed E-state index contributed by atoms with van der Waals surface area (Å²) in [6, 6.07) is 0. The maximum Gasteiger partial charge on any atom is 0.309 e. The Hall–Kier alpha value is -1.96. The van der Waals surface area contributed by atoms with Crippen molar-refractivity contribution >= 4 is 29.1 Å². The number of piperidine rings is 1. The normalized spacial score (nSPS) is 22.7. The average Bonchev–Trinajstić information content (AvgIpc) is 2.99. The zero-order chi connectivity index (χ0) is 18.4. The number of carboxylic acid groups (broad SMARTS) is 1. The van der Waals surface area contributed by atoms with E-state index in [-0.39, 0.29) is 18.2 Å². The SMILES string of the molecule is Cc1nc(C)c(CC(=O)N2CCC3(CC2)C(C(=O)O)CC(=O)N3C)s1. The zero-order valence-corrected chi connectivity index (χ0v) is 15.6. The number of carbonyl (C=O) groups is 3. The van der Waals surface area contributed by atoms with Crippen LogP contribution in [0.1, 0.15) is 34.8 Å². The Kier molecular flexibility index (Phi) is 4.57. The molecule has 25 heavy (non-hydrogen) atoms. The van der Waals surface area contributed by atoms with Crippen molar-refractivity contribution in [2.75, 3.05) is 20.1 Å². The molecule has 136 valence electrons. The minimum Gasteiger partial charge on any atom is -0.481 e. The standard InChI is InChI=1S/C17H23N3O4S/c1-10-13(25-11(2)18-10)9-15(22)20-6-4-17(5-7-20)12(16(23)24)8-14(21)19(17)3/h12H,4-9H2,1-3H3,(H,23,24). The van der Waals surface area contributed by atoms with E-state index in [1.807, 2.05) is 13.8 Å². The van der Waals surface area contributed by atoms with Crippen LogP contribution >= 0.6 is 11.3 Å². The monoisotopic (exact) mass is 365 g/mol. The molecule has 1 spiro atoms. The van der Waals surface area contributed by atoms with Crippen molar-refractivity contribution in [2.45, 2.75) is 45.1 Å². The first-order valence-corrected chi connectivity index (χ1v) is 9.26. The van der Waals surface area contributed by atoms with Crippen LogP contribution in [0.3, 0.4) is 0 Å². The van der Waals surface area contributed by atoms with Crippen molar-refractivity contribution in [1.29, 1.82) is 0 Å². The predicted molar refractivity (Wildman–Crippen MR) is 92.3 cm³/mol. The Labute approximate surface area is 150 Å². The Morgan fingerprint density at radius 2 is 1.96 bits per heavy atom. The smallest absolute Gasteiger partial charge is 0.309 e. The summed E-state index contributed by atoms with van der Waals surface area (Å²) in [6.07, 6.45) is 1.41. The van der Waals surface area contributed by atoms with Gasteiger partial charge in [0.2, 0.25) is 11.8 Å². The molecular formula is C17H23N3O4S. The number of aliphatic carboxylic acids is 1. The van der Waals surface area contributed by atoms with E-state index in [0.29, 0.717) is 32.4 Å². The first kappa shape index (κ1) is 17.8. The fourth-order valence-corrected chi connectivity index (χ4v) is 5.04. The number of likely N-dealkylation sites (tertiary alicyclic amines) is 2. The highest BCUT2D eigenvalue weighted by molar-refractivity contribution is 7.11. The van der Waals surface area contributed by atoms with E-state index in [4.69, 9.17) is 0 Å². The van der Waals surface area contributed by atoms with Crippen molar-refractivity contribution in [3.8, 4) is 0 Å². The van der Waals surface area contributed by atoms with Crippen LogP contribution in [0.25, 0.3) is 0 Å². The van der Waals surface area contributed by atoms with E-state index in [2.05, 4.69) is 4.98 Å². The fraction of sp³-hybridized carbons (Fsp3) is 0.647. The molecular weight excluding hydrogens is 342 g/mol. The second-order valence-corrected chi connectivity index (χ2v) is 8.24. The number of hydrogen-bond donors (Lipinski definition) is 1. The van der Waals surface area contributed by atoms with Gasteiger partial charge in [-0.2, -0.15) is 0 Å². The molecule has 2 fully saturated rings. The summed E-state index contributed by atoms with van der Waals surface area (Å²) < 4.78 is 0. The minimum absolute atomic E-state index is 0.0421. The molecule has 2 amide bonds. The number of carbonyl (C=O) groups excluding carboxylic acids is 2. The molecule has 1 N–H and O–H groups in total. The molecule has 0 aromatic carbocycles. The number of aryl methyl sites for hydroxylation is 2. The van der Waals surface area contributed by atoms with Crippen LogP contribution in [0.5, 0.6) is 0 Å². The van der Waals surface area contributed by atoms with Crippen molar-refractivity contribution in [2.24, 2.45) is 5.92 Å². The maximum atomic E-state index is 12.6. The molecule has 0 saturated carbocycles. The van der Waals surface area contributed by atoms with Crippen LogP contribution in [-0.2, 0) is 20.8 Å². The van der Waals surface area contributed by atoms with Crippen molar-refractivity contribution in [1.82, 2.24) is 14.8 Å². The van der Waals surface area contributed by atoms with Gasteiger partial charge in [-0.1, -0.05) is 0 Å². The minimum atomic E-state index is -0.923. The summed E-state index contributed by atoms with van der Waals surface area (Å²) >= 11 is 1.54. The van der Waals surface area contributed by atoms with Gasteiger partial charge in [0.1, 0.15) is 0 Å². The van der Waals surface area contributed by atoms with Gasteiger partial charge < -0.3 is 14.9 Å². The molecule has 0 aliphatic carbocycles. The Morgan fingerprint density at radius 1 is 1.32 bits per heavy atom. The second-order valence-electron chi connectivity index (χ2n) is 6.95. The molecule has 8 heteroatoms. The largest absolute Gasteiger partial charge is 0.481 e. The molecule has 0 bridgehead atoms. The molecule has 7 nitrogen and oxygen atoms in total. The third-order valence-corrected chi connectivity index (χ3v) is 6.73. The molecule has 2 aliphatic rings. The number of thiazole rings is 1. The molecule has 2 aliphatic heterocycles. The van der Waals surface area contributed by atoms with Crippen LogP contribution in [0, 0.1) is 19.8 Å². The van der Waals surface area contributed by atoms with E-state index in [1.54, 1.807) is 28.2 Å². The summed E-state index contributed by atoms with van der Waals surface area (Å²) in [5.74, 6) is -1.69. The van der Waals surface area contributed by atoms with Crippen LogP contribution in [-0.4, -0.2) is 63.4 Å². The van der Waals surface area contributed by atoms with Gasteiger partial charge >= 0.3 is 5.97 Å². The fourth-order valence-electron chi connectivity index (χ4n) is 4.11. The molecule has 1 aromatic rings. The Morgan fingerprint density at radius 3 is 2.48 bits per heavy atom. The van der Waals surface area contributed by atoms with Crippen LogP contribution < -0.4 is 0 Å². The highest BCUT2D eigenvalue weighted by Crippen LogP contribution is 2.42. The van der Waals surface area contributed by atoms with Crippen molar-refractivity contribution in [3.63, 3.8) is 0 Å². The van der Waals surface area contributed by atoms with Gasteiger partial charge in [0.25, 0.3) is 0 Å². The predicted octanol–water partition coefficient (Wildman–Crippen LogP) is 1.23. The molecule has 0 radical (unpaired) electrons. The average molecular weight is 365 g/mol. The van der Waals surface area contributed by atoms with E-state index in [9.17, 15) is 19.5 Å². The lowest BCUT2D eigenvalue weighted by atomic mass is 9.77. The van der Waals surface area contributed by atoms with Gasteiger partial charge in [-0.3, -0.25) is 14.4 Å². The molecule has 1 atom stereocenters. The van der Waals surface area contributed by atoms with Crippen molar-refractivity contribution < 1.29 is 19.5 Å². The van der Waals surface area contributed by atoms with E-state index >= 15 is 0 Å². The van der Waals surface area contributed by atoms with Gasteiger partial charge in [-0.15, -0.1) is 11.3 Å². The lowest BCUT2D eigenvalue weighted by molar-refractivity contribution is -0.146. The highest BCUT2D eigenvalue weighted by Gasteiger charge is 2.55. The number of aromatic nitrogens is 1. The van der Waals surface area contributed by atoms with Gasteiger partial charge in [-0.05, 0) is 26.7 Å². The number of rotatable bonds is 3. The Bertz CT molecular complexity index is 721. The van der Waals surface area contributed by atoms with Crippen LogP contribution in [0.2, 0.25) is 0 Å². The second kappa shape index (κ2) is 6.40. The van der Waals surface area contributed by atoms with E-state index in [0.717, 1.165) is 15.6 Å². The van der Waals surface area contributed by atoms with E-state index < -0.39 is 17.4 Å². The number of amides is 2. The lowest BCUT2D eigenvalue weighted by Gasteiger charge is -2.45. The first-order chi connectivity index (χ1) is 11.7. The molecule has 1 aromatic heterocycles. The summed E-state index contributed by atoms with van der Waals surface area (Å²) in [6.45, 7) is 4.80. The topological polar surface area (TPSA) is 90.8 Å². The first-order valence-electron chi connectivity index (χ1n) is 8.45. The lowest BCUT2D eigenvalue weighted by Crippen LogP contribution is -2.57. The number of carboxylic acids is 1. The third-order valence-electron chi connectivity index (χ3n) is 5.66. The van der Waals surface area contributed by atoms with Crippen LogP contribution in [0.4, 0.5) is 0 Å². The third kappa shape index (κ3) is 3.03. The van der Waals surface area contributed by atoms with Gasteiger partial charge in [0.15, 0.2) is 0 Å². The summed E-state index contributed by atoms with van der Waals surface area (Å²) in [4.78, 5) is 45.0. The number of hydrogen-bond acceptors (Lipinski definition) is 5. The van der Waals surface area contributed by atoms with Gasteiger partial charge in [0.05, 0.1) is 28.6 Å². The summed E-state index contributed by atoms with van der Waals surface area (Å²) in [5.41, 5.74) is 0.243. The quantitative estimate of drug-likeness (QED) is 0.870. The number of nitrogens with zero attached hydrogens (tertiary/aromatic N) is 3. The highest BCUT2D eigenvalue weighted by atomic mass is 32.1. The summed E-state index contributed by atoms with van der Waals surface area (Å²) in [7, 11) is 1.69. The van der Waals surface area contributed by atoms with E-state index in [1.165, 1.54) is 0 Å². The molecule has 1 unspecified atom stereocenters. The maximum absolute atomic E-state index is 12.6. The Balaban J connectivity index is 1.68. The summed E-state index contributed by atoms with van der Waals surface area (Å²) in [5, 5.41) is 10.5. The van der Waals surface area contributed by atoms with Crippen molar-refractivity contribution in [3.05, 3.63) is 15.6 Å². The van der Waals surface area contributed by atoms with Gasteiger partial charge in [0, 0.05) is 31.4 Å². The van der Waals surface area contributed by atoms with Gasteiger partial charge in [-0.25, -0.2) is 4.98 Å². The zero-order valence-electron chi connectivity index (χ0n) is 14.7.